The highest BCUT2D eigenvalue weighted by Crippen LogP contribution is 2.13. The second-order valence-corrected chi connectivity index (χ2v) is 6.33. The van der Waals surface area contributed by atoms with Gasteiger partial charge in [-0.1, -0.05) is 11.6 Å². The molecule has 10 heteroatoms. The highest BCUT2D eigenvalue weighted by atomic mass is 35.5. The standard InChI is InChI=1S/C13H11ClN4O4S/c14-10-3-5-11(6-4-10)23(21,22)18-13(20)17-16-12(19)9-2-1-7-15-8-9/h1-8H,(H,16,19)(H2,17,18,20). The number of sulfonamides is 1. The molecular weight excluding hydrogens is 344 g/mol. The number of hydrogen-bond acceptors (Lipinski definition) is 5. The number of carbonyl (C=O) groups is 2. The van der Waals surface area contributed by atoms with E-state index in [0.717, 1.165) is 0 Å². The topological polar surface area (TPSA) is 117 Å². The molecule has 1 aromatic carbocycles. The summed E-state index contributed by atoms with van der Waals surface area (Å²) in [6.07, 6.45) is 2.77. The van der Waals surface area contributed by atoms with Crippen molar-refractivity contribution in [3.63, 3.8) is 0 Å². The summed E-state index contributed by atoms with van der Waals surface area (Å²) >= 11 is 5.66. The molecule has 0 radical (unpaired) electrons. The predicted octanol–water partition coefficient (Wildman–Crippen LogP) is 1.07. The van der Waals surface area contributed by atoms with Crippen LogP contribution in [0.2, 0.25) is 5.02 Å². The molecule has 0 aliphatic rings. The number of rotatable bonds is 3. The van der Waals surface area contributed by atoms with Gasteiger partial charge in [-0.3, -0.25) is 15.2 Å². The number of amides is 3. The fourth-order valence-corrected chi connectivity index (χ4v) is 2.54. The number of urea groups is 1. The van der Waals surface area contributed by atoms with E-state index in [-0.39, 0.29) is 10.5 Å². The molecule has 2 rings (SSSR count). The van der Waals surface area contributed by atoms with E-state index in [9.17, 15) is 18.0 Å². The van der Waals surface area contributed by atoms with Crippen LogP contribution < -0.4 is 15.6 Å². The van der Waals surface area contributed by atoms with Crippen molar-refractivity contribution < 1.29 is 18.0 Å². The van der Waals surface area contributed by atoms with Gasteiger partial charge >= 0.3 is 6.03 Å². The van der Waals surface area contributed by atoms with Crippen LogP contribution in [0.15, 0.2) is 53.7 Å². The highest BCUT2D eigenvalue weighted by molar-refractivity contribution is 7.90. The number of aromatic nitrogens is 1. The van der Waals surface area contributed by atoms with Crippen LogP contribution in [0.1, 0.15) is 10.4 Å². The van der Waals surface area contributed by atoms with Gasteiger partial charge in [0.05, 0.1) is 10.5 Å². The Morgan fingerprint density at radius 1 is 1.04 bits per heavy atom. The Kier molecular flexibility index (Phi) is 5.14. The molecule has 0 saturated heterocycles. The average Bonchev–Trinajstić information content (AvgIpc) is 2.53. The van der Waals surface area contributed by atoms with Crippen molar-refractivity contribution >= 4 is 33.6 Å². The molecule has 0 spiro atoms. The molecule has 23 heavy (non-hydrogen) atoms. The van der Waals surface area contributed by atoms with Crippen LogP contribution in [0.25, 0.3) is 0 Å². The second kappa shape index (κ2) is 7.07. The Morgan fingerprint density at radius 3 is 2.35 bits per heavy atom. The van der Waals surface area contributed by atoms with Crippen molar-refractivity contribution in [1.82, 2.24) is 20.6 Å². The number of pyridine rings is 1. The molecule has 0 bridgehead atoms. The summed E-state index contributed by atoms with van der Waals surface area (Å²) in [4.78, 5) is 26.8. The minimum atomic E-state index is -4.07. The quantitative estimate of drug-likeness (QED) is 0.713. The van der Waals surface area contributed by atoms with Crippen LogP contribution in [0, 0.1) is 0 Å². The Balaban J connectivity index is 1.94. The van der Waals surface area contributed by atoms with Gasteiger partial charge in [0.25, 0.3) is 15.9 Å². The van der Waals surface area contributed by atoms with Gasteiger partial charge in [0, 0.05) is 17.4 Å². The largest absolute Gasteiger partial charge is 0.347 e. The smallest absolute Gasteiger partial charge is 0.267 e. The molecular formula is C13H11ClN4O4S. The van der Waals surface area contributed by atoms with Crippen molar-refractivity contribution in [2.75, 3.05) is 0 Å². The summed E-state index contributed by atoms with van der Waals surface area (Å²) in [6, 6.07) is 7.14. The minimum absolute atomic E-state index is 0.143. The molecule has 0 fully saturated rings. The molecule has 3 amide bonds. The maximum absolute atomic E-state index is 11.9. The lowest BCUT2D eigenvalue weighted by atomic mass is 10.3. The molecule has 8 nitrogen and oxygen atoms in total. The van der Waals surface area contributed by atoms with Crippen LogP contribution in [0.3, 0.4) is 0 Å². The molecule has 1 aromatic heterocycles. The Morgan fingerprint density at radius 2 is 1.74 bits per heavy atom. The number of halogens is 1. The summed E-state index contributed by atoms with van der Waals surface area (Å²) in [7, 11) is -4.07. The van der Waals surface area contributed by atoms with Gasteiger partial charge in [-0.05, 0) is 36.4 Å². The lowest BCUT2D eigenvalue weighted by Crippen LogP contribution is -2.48. The first kappa shape index (κ1) is 16.7. The van der Waals surface area contributed by atoms with Gasteiger partial charge in [0.15, 0.2) is 0 Å². The van der Waals surface area contributed by atoms with E-state index in [1.807, 2.05) is 5.43 Å². The molecule has 120 valence electrons. The fourth-order valence-electron chi connectivity index (χ4n) is 1.50. The number of hydrogen-bond donors (Lipinski definition) is 3. The molecule has 0 saturated carbocycles. The third kappa shape index (κ3) is 4.66. The lowest BCUT2D eigenvalue weighted by Gasteiger charge is -2.09. The molecule has 0 aliphatic heterocycles. The van der Waals surface area contributed by atoms with Gasteiger partial charge in [-0.15, -0.1) is 0 Å². The molecule has 0 aliphatic carbocycles. The van der Waals surface area contributed by atoms with E-state index in [1.165, 1.54) is 42.7 Å². The number of nitrogens with one attached hydrogen (secondary N) is 3. The van der Waals surface area contributed by atoms with Crippen LogP contribution in [-0.4, -0.2) is 25.3 Å². The summed E-state index contributed by atoms with van der Waals surface area (Å²) in [6.45, 7) is 0. The summed E-state index contributed by atoms with van der Waals surface area (Å²) < 4.78 is 25.6. The maximum Gasteiger partial charge on any atom is 0.347 e. The minimum Gasteiger partial charge on any atom is -0.267 e. The monoisotopic (exact) mass is 354 g/mol. The zero-order valence-corrected chi connectivity index (χ0v) is 13.1. The summed E-state index contributed by atoms with van der Waals surface area (Å²) in [5.74, 6) is -0.642. The van der Waals surface area contributed by atoms with Crippen molar-refractivity contribution in [3.05, 3.63) is 59.4 Å². The molecule has 0 atom stereocenters. The number of carbonyl (C=O) groups excluding carboxylic acids is 2. The zero-order valence-electron chi connectivity index (χ0n) is 11.5. The third-order valence-corrected chi connectivity index (χ3v) is 4.16. The lowest BCUT2D eigenvalue weighted by molar-refractivity contribution is 0.0936. The zero-order chi connectivity index (χ0) is 16.9. The second-order valence-electron chi connectivity index (χ2n) is 4.21. The van der Waals surface area contributed by atoms with Crippen LogP contribution in [0.4, 0.5) is 4.79 Å². The van der Waals surface area contributed by atoms with Gasteiger partial charge in [-0.25, -0.2) is 23.4 Å². The van der Waals surface area contributed by atoms with Gasteiger partial charge in [0.1, 0.15) is 0 Å². The summed E-state index contributed by atoms with van der Waals surface area (Å²) in [5, 5.41) is 0.358. The molecule has 2 aromatic rings. The summed E-state index contributed by atoms with van der Waals surface area (Å²) in [5.41, 5.74) is 4.19. The predicted molar refractivity (Wildman–Crippen MR) is 82.0 cm³/mol. The Labute approximate surface area is 136 Å². The number of benzene rings is 1. The van der Waals surface area contributed by atoms with Gasteiger partial charge in [0.2, 0.25) is 0 Å². The van der Waals surface area contributed by atoms with Crippen LogP contribution in [-0.2, 0) is 10.0 Å². The molecule has 0 unspecified atom stereocenters. The average molecular weight is 355 g/mol. The van der Waals surface area contributed by atoms with Crippen molar-refractivity contribution in [2.45, 2.75) is 4.90 Å². The normalized spacial score (nSPS) is 10.7. The number of nitrogens with zero attached hydrogens (tertiary/aromatic N) is 1. The maximum atomic E-state index is 11.9. The van der Waals surface area contributed by atoms with E-state index in [2.05, 4.69) is 10.4 Å². The molecule has 3 N–H and O–H groups in total. The van der Waals surface area contributed by atoms with Gasteiger partial charge < -0.3 is 0 Å². The molecule has 1 heterocycles. The highest BCUT2D eigenvalue weighted by Gasteiger charge is 2.17. The first-order valence-electron chi connectivity index (χ1n) is 6.17. The fraction of sp³-hybridized carbons (Fsp3) is 0. The van der Waals surface area contributed by atoms with E-state index in [4.69, 9.17) is 11.6 Å². The van der Waals surface area contributed by atoms with E-state index in [1.54, 1.807) is 10.8 Å². The van der Waals surface area contributed by atoms with E-state index in [0.29, 0.717) is 5.02 Å². The van der Waals surface area contributed by atoms with Crippen molar-refractivity contribution in [2.24, 2.45) is 0 Å². The Bertz CT molecular complexity index is 810. The first-order chi connectivity index (χ1) is 10.9. The van der Waals surface area contributed by atoms with Crippen LogP contribution in [0.5, 0.6) is 0 Å². The van der Waals surface area contributed by atoms with E-state index >= 15 is 0 Å². The Hall–Kier alpha value is -2.65. The first-order valence-corrected chi connectivity index (χ1v) is 8.03. The SMILES string of the molecule is O=C(NNC(=O)c1cccnc1)NS(=O)(=O)c1ccc(Cl)cc1. The number of hydrazine groups is 1. The third-order valence-electron chi connectivity index (χ3n) is 2.56. The van der Waals surface area contributed by atoms with Crippen molar-refractivity contribution in [1.29, 1.82) is 0 Å². The van der Waals surface area contributed by atoms with Crippen molar-refractivity contribution in [3.8, 4) is 0 Å². The van der Waals surface area contributed by atoms with Gasteiger partial charge in [-0.2, -0.15) is 0 Å². The van der Waals surface area contributed by atoms with E-state index < -0.39 is 22.0 Å². The van der Waals surface area contributed by atoms with Crippen LogP contribution >= 0.6 is 11.6 Å².